The van der Waals surface area contributed by atoms with Gasteiger partial charge in [0.05, 0.1) is 0 Å². The third-order valence-electron chi connectivity index (χ3n) is 2.30. The van der Waals surface area contributed by atoms with E-state index >= 15 is 0 Å². The topological polar surface area (TPSA) is 43.1 Å². The second-order valence-electron chi connectivity index (χ2n) is 3.18. The summed E-state index contributed by atoms with van der Waals surface area (Å²) in [6, 6.07) is 0. The number of hydrogen-bond donors (Lipinski definition) is 1. The summed E-state index contributed by atoms with van der Waals surface area (Å²) in [5.41, 5.74) is 5.26. The summed E-state index contributed by atoms with van der Waals surface area (Å²) in [6.45, 7) is 6.26. The van der Waals surface area contributed by atoms with Crippen molar-refractivity contribution in [2.75, 3.05) is 0 Å². The lowest BCUT2D eigenvalue weighted by Crippen LogP contribution is -2.28. The summed E-state index contributed by atoms with van der Waals surface area (Å²) in [4.78, 5) is 10.9. The van der Waals surface area contributed by atoms with E-state index in [2.05, 4.69) is 20.8 Å². The lowest BCUT2D eigenvalue weighted by atomic mass is 9.88. The molecule has 0 rings (SSSR count). The fourth-order valence-corrected chi connectivity index (χ4v) is 1.30. The first kappa shape index (κ1) is 10.5. The van der Waals surface area contributed by atoms with Gasteiger partial charge in [0.1, 0.15) is 0 Å². The van der Waals surface area contributed by atoms with Crippen molar-refractivity contribution < 1.29 is 4.79 Å². The van der Waals surface area contributed by atoms with E-state index in [1.54, 1.807) is 0 Å². The average Bonchev–Trinajstić information content (AvgIpc) is 1.98. The van der Waals surface area contributed by atoms with E-state index in [4.69, 9.17) is 5.73 Å². The van der Waals surface area contributed by atoms with Crippen LogP contribution in [0.5, 0.6) is 0 Å². The van der Waals surface area contributed by atoms with Crippen molar-refractivity contribution in [2.45, 2.75) is 40.0 Å². The average molecular weight is 157 g/mol. The Morgan fingerprint density at radius 2 is 2.00 bits per heavy atom. The molecule has 0 spiro atoms. The van der Waals surface area contributed by atoms with E-state index in [0.29, 0.717) is 5.92 Å². The zero-order valence-electron chi connectivity index (χ0n) is 7.76. The maximum Gasteiger partial charge on any atom is 0.220 e. The van der Waals surface area contributed by atoms with Crippen LogP contribution < -0.4 is 5.73 Å². The van der Waals surface area contributed by atoms with Crippen LogP contribution >= 0.6 is 0 Å². The molecule has 0 radical (unpaired) electrons. The molecule has 0 aliphatic rings. The fraction of sp³-hybridized carbons (Fsp3) is 0.889. The van der Waals surface area contributed by atoms with Gasteiger partial charge in [-0.15, -0.1) is 0 Å². The van der Waals surface area contributed by atoms with Crippen LogP contribution in [-0.2, 0) is 4.79 Å². The molecule has 2 atom stereocenters. The van der Waals surface area contributed by atoms with Gasteiger partial charge >= 0.3 is 0 Å². The molecule has 0 unspecified atom stereocenters. The number of rotatable bonds is 5. The summed E-state index contributed by atoms with van der Waals surface area (Å²) < 4.78 is 0. The maximum absolute atomic E-state index is 10.9. The molecule has 1 amide bonds. The number of hydrogen-bond acceptors (Lipinski definition) is 1. The molecule has 66 valence electrons. The Bertz CT molecular complexity index is 123. The molecule has 2 N–H and O–H groups in total. The van der Waals surface area contributed by atoms with Gasteiger partial charge in [-0.05, 0) is 12.3 Å². The van der Waals surface area contributed by atoms with Crippen LogP contribution in [-0.4, -0.2) is 5.91 Å². The van der Waals surface area contributed by atoms with E-state index in [1.165, 1.54) is 0 Å². The van der Waals surface area contributed by atoms with Crippen LogP contribution in [0, 0.1) is 11.8 Å². The monoisotopic (exact) mass is 157 g/mol. The summed E-state index contributed by atoms with van der Waals surface area (Å²) in [6.07, 6.45) is 3.01. The van der Waals surface area contributed by atoms with Gasteiger partial charge in [-0.2, -0.15) is 0 Å². The number of primary amides is 1. The summed E-state index contributed by atoms with van der Waals surface area (Å²) in [5.74, 6) is 0.388. The van der Waals surface area contributed by atoms with Crippen molar-refractivity contribution >= 4 is 5.91 Å². The first-order chi connectivity index (χ1) is 5.13. The lowest BCUT2D eigenvalue weighted by molar-refractivity contribution is -0.123. The molecule has 0 saturated heterocycles. The number of nitrogens with two attached hydrogens (primary N) is 1. The van der Waals surface area contributed by atoms with Crippen molar-refractivity contribution in [3.8, 4) is 0 Å². The molecule has 0 fully saturated rings. The number of amides is 1. The molecular formula is C9H19NO. The quantitative estimate of drug-likeness (QED) is 0.651. The van der Waals surface area contributed by atoms with Gasteiger partial charge in [0.2, 0.25) is 5.91 Å². The minimum absolute atomic E-state index is 0.0880. The van der Waals surface area contributed by atoms with E-state index < -0.39 is 0 Å². The van der Waals surface area contributed by atoms with Crippen molar-refractivity contribution in [1.29, 1.82) is 0 Å². The zero-order valence-corrected chi connectivity index (χ0v) is 7.76. The zero-order chi connectivity index (χ0) is 8.85. The second-order valence-corrected chi connectivity index (χ2v) is 3.18. The van der Waals surface area contributed by atoms with Gasteiger partial charge in [-0.3, -0.25) is 4.79 Å². The SMILES string of the molecule is CCC[C@H](C(N)=O)[C@@H](C)CC. The van der Waals surface area contributed by atoms with Crippen LogP contribution in [0.25, 0.3) is 0 Å². The molecule has 0 aliphatic carbocycles. The molecule has 0 aromatic rings. The minimum atomic E-state index is -0.138. The van der Waals surface area contributed by atoms with Crippen LogP contribution in [0.2, 0.25) is 0 Å². The maximum atomic E-state index is 10.9. The Hall–Kier alpha value is -0.530. The Balaban J connectivity index is 3.97. The third-order valence-corrected chi connectivity index (χ3v) is 2.30. The summed E-state index contributed by atoms with van der Waals surface area (Å²) >= 11 is 0. The predicted octanol–water partition coefficient (Wildman–Crippen LogP) is 1.93. The number of carbonyl (C=O) groups is 1. The van der Waals surface area contributed by atoms with Crippen molar-refractivity contribution in [3.63, 3.8) is 0 Å². The van der Waals surface area contributed by atoms with Gasteiger partial charge in [-0.1, -0.05) is 33.6 Å². The molecule has 11 heavy (non-hydrogen) atoms. The highest BCUT2D eigenvalue weighted by Gasteiger charge is 2.19. The van der Waals surface area contributed by atoms with Crippen molar-refractivity contribution in [2.24, 2.45) is 17.6 Å². The molecule has 0 aromatic heterocycles. The highest BCUT2D eigenvalue weighted by molar-refractivity contribution is 5.76. The Labute approximate surface area is 69.2 Å². The van der Waals surface area contributed by atoms with E-state index in [9.17, 15) is 4.79 Å². The molecule has 0 heterocycles. The largest absolute Gasteiger partial charge is 0.369 e. The molecule has 2 nitrogen and oxygen atoms in total. The van der Waals surface area contributed by atoms with Gasteiger partial charge < -0.3 is 5.73 Å². The third kappa shape index (κ3) is 3.40. The fourth-order valence-electron chi connectivity index (χ4n) is 1.30. The van der Waals surface area contributed by atoms with Gasteiger partial charge in [0.25, 0.3) is 0 Å². The Morgan fingerprint density at radius 3 is 2.27 bits per heavy atom. The standard InChI is InChI=1S/C9H19NO/c1-4-6-8(9(10)11)7(3)5-2/h7-8H,4-6H2,1-3H3,(H2,10,11)/t7-,8-/m0/s1. The van der Waals surface area contributed by atoms with Crippen LogP contribution in [0.4, 0.5) is 0 Å². The van der Waals surface area contributed by atoms with E-state index in [0.717, 1.165) is 19.3 Å². The van der Waals surface area contributed by atoms with Crippen LogP contribution in [0.15, 0.2) is 0 Å². The van der Waals surface area contributed by atoms with Crippen LogP contribution in [0.1, 0.15) is 40.0 Å². The van der Waals surface area contributed by atoms with Gasteiger partial charge in [0, 0.05) is 5.92 Å². The molecule has 0 bridgehead atoms. The second kappa shape index (κ2) is 5.16. The molecule has 2 heteroatoms. The number of carbonyl (C=O) groups excluding carboxylic acids is 1. The minimum Gasteiger partial charge on any atom is -0.369 e. The smallest absolute Gasteiger partial charge is 0.220 e. The summed E-state index contributed by atoms with van der Waals surface area (Å²) in [5, 5.41) is 0. The van der Waals surface area contributed by atoms with Gasteiger partial charge in [-0.25, -0.2) is 0 Å². The molecule has 0 saturated carbocycles. The van der Waals surface area contributed by atoms with Gasteiger partial charge in [0.15, 0.2) is 0 Å². The van der Waals surface area contributed by atoms with E-state index in [-0.39, 0.29) is 11.8 Å². The molecule has 0 aliphatic heterocycles. The normalized spacial score (nSPS) is 15.9. The first-order valence-electron chi connectivity index (χ1n) is 4.42. The Kier molecular flexibility index (Phi) is 4.92. The van der Waals surface area contributed by atoms with Crippen molar-refractivity contribution in [1.82, 2.24) is 0 Å². The van der Waals surface area contributed by atoms with Crippen molar-refractivity contribution in [3.05, 3.63) is 0 Å². The highest BCUT2D eigenvalue weighted by Crippen LogP contribution is 2.19. The highest BCUT2D eigenvalue weighted by atomic mass is 16.1. The summed E-state index contributed by atoms with van der Waals surface area (Å²) in [7, 11) is 0. The predicted molar refractivity (Wildman–Crippen MR) is 47.0 cm³/mol. The van der Waals surface area contributed by atoms with E-state index in [1.807, 2.05) is 0 Å². The first-order valence-corrected chi connectivity index (χ1v) is 4.42. The lowest BCUT2D eigenvalue weighted by Gasteiger charge is -2.18. The molecule has 0 aromatic carbocycles. The molecular weight excluding hydrogens is 138 g/mol. The van der Waals surface area contributed by atoms with Crippen LogP contribution in [0.3, 0.4) is 0 Å². The Morgan fingerprint density at radius 1 is 1.45 bits per heavy atom.